The largest absolute Gasteiger partial charge is 0.300 e. The molecule has 0 amide bonds. The van der Waals surface area contributed by atoms with Crippen molar-refractivity contribution < 1.29 is 0 Å². The van der Waals surface area contributed by atoms with Crippen LogP contribution in [-0.2, 0) is 0 Å². The van der Waals surface area contributed by atoms with E-state index in [1.165, 1.54) is 26.2 Å². The lowest BCUT2D eigenvalue weighted by molar-refractivity contribution is 0.0439. The standard InChI is InChI=1S/C16H32N2/c1-11(2)15-9-17(12(3)4)7-14-8-18(13(5)6)10-16(14)15/h11-16H,7-10H2,1-6H3/t14-,15+,16+/m1/s1. The van der Waals surface area contributed by atoms with Crippen molar-refractivity contribution in [3.63, 3.8) is 0 Å². The zero-order valence-electron chi connectivity index (χ0n) is 13.2. The van der Waals surface area contributed by atoms with Gasteiger partial charge >= 0.3 is 0 Å². The van der Waals surface area contributed by atoms with E-state index in [1.54, 1.807) is 0 Å². The van der Waals surface area contributed by atoms with Crippen LogP contribution in [0.15, 0.2) is 0 Å². The van der Waals surface area contributed by atoms with Gasteiger partial charge in [-0.3, -0.25) is 0 Å². The number of fused-ring (bicyclic) bond motifs is 1. The molecule has 0 saturated carbocycles. The van der Waals surface area contributed by atoms with Crippen LogP contribution in [0.4, 0.5) is 0 Å². The second-order valence-corrected chi connectivity index (χ2v) is 7.43. The summed E-state index contributed by atoms with van der Waals surface area (Å²) in [5.41, 5.74) is 0. The van der Waals surface area contributed by atoms with Crippen LogP contribution < -0.4 is 0 Å². The number of nitrogens with zero attached hydrogens (tertiary/aromatic N) is 2. The molecule has 0 aliphatic carbocycles. The summed E-state index contributed by atoms with van der Waals surface area (Å²) in [5.74, 6) is 3.58. The van der Waals surface area contributed by atoms with E-state index in [0.29, 0.717) is 6.04 Å². The van der Waals surface area contributed by atoms with Gasteiger partial charge in [-0.25, -0.2) is 0 Å². The van der Waals surface area contributed by atoms with E-state index in [1.807, 2.05) is 0 Å². The lowest BCUT2D eigenvalue weighted by atomic mass is 9.74. The third-order valence-corrected chi connectivity index (χ3v) is 5.30. The zero-order chi connectivity index (χ0) is 13.4. The molecule has 2 saturated heterocycles. The fourth-order valence-electron chi connectivity index (χ4n) is 3.94. The molecule has 0 aromatic heterocycles. The number of rotatable bonds is 3. The summed E-state index contributed by atoms with van der Waals surface area (Å²) >= 11 is 0. The molecule has 2 heterocycles. The lowest BCUT2D eigenvalue weighted by Crippen LogP contribution is -2.50. The maximum Gasteiger partial charge on any atom is 0.00388 e. The first kappa shape index (κ1) is 14.3. The van der Waals surface area contributed by atoms with Crippen LogP contribution in [0.25, 0.3) is 0 Å². The number of likely N-dealkylation sites (tertiary alicyclic amines) is 2. The van der Waals surface area contributed by atoms with Crippen LogP contribution in [0.1, 0.15) is 41.5 Å². The number of piperidine rings is 1. The van der Waals surface area contributed by atoms with Gasteiger partial charge in [0.2, 0.25) is 0 Å². The van der Waals surface area contributed by atoms with Crippen LogP contribution >= 0.6 is 0 Å². The highest BCUT2D eigenvalue weighted by molar-refractivity contribution is 4.96. The first-order chi connectivity index (χ1) is 8.40. The van der Waals surface area contributed by atoms with E-state index < -0.39 is 0 Å². The molecule has 106 valence electrons. The highest BCUT2D eigenvalue weighted by Gasteiger charge is 2.44. The summed E-state index contributed by atoms with van der Waals surface area (Å²) in [5, 5.41) is 0. The molecule has 3 atom stereocenters. The second kappa shape index (κ2) is 5.50. The minimum atomic E-state index is 0.709. The highest BCUT2D eigenvalue weighted by Crippen LogP contribution is 2.39. The van der Waals surface area contributed by atoms with Gasteiger partial charge in [0.1, 0.15) is 0 Å². The van der Waals surface area contributed by atoms with E-state index in [-0.39, 0.29) is 0 Å². The molecule has 18 heavy (non-hydrogen) atoms. The Morgan fingerprint density at radius 2 is 1.22 bits per heavy atom. The van der Waals surface area contributed by atoms with Gasteiger partial charge in [0.25, 0.3) is 0 Å². The molecule has 0 bridgehead atoms. The second-order valence-electron chi connectivity index (χ2n) is 7.43. The molecule has 2 heteroatoms. The SMILES string of the molecule is CC(C)[C@@H]1CN(C(C)C)C[C@@H]2CN(C(C)C)C[C@@H]21. The zero-order valence-corrected chi connectivity index (χ0v) is 13.2. The third-order valence-electron chi connectivity index (χ3n) is 5.30. The maximum absolute atomic E-state index is 2.72. The van der Waals surface area contributed by atoms with Crippen molar-refractivity contribution in [2.75, 3.05) is 26.2 Å². The molecule has 2 aliphatic heterocycles. The first-order valence-electron chi connectivity index (χ1n) is 7.88. The molecular weight excluding hydrogens is 220 g/mol. The lowest BCUT2D eigenvalue weighted by Gasteiger charge is -2.44. The molecule has 2 rings (SSSR count). The van der Waals surface area contributed by atoms with E-state index in [4.69, 9.17) is 0 Å². The summed E-state index contributed by atoms with van der Waals surface area (Å²) < 4.78 is 0. The van der Waals surface area contributed by atoms with Crippen molar-refractivity contribution in [1.82, 2.24) is 9.80 Å². The van der Waals surface area contributed by atoms with Crippen LogP contribution in [0.2, 0.25) is 0 Å². The smallest absolute Gasteiger partial charge is 0.00388 e. The van der Waals surface area contributed by atoms with Crippen molar-refractivity contribution in [3.8, 4) is 0 Å². The number of hydrogen-bond acceptors (Lipinski definition) is 2. The minimum absolute atomic E-state index is 0.709. The summed E-state index contributed by atoms with van der Waals surface area (Å²) in [4.78, 5) is 5.42. The Balaban J connectivity index is 2.11. The van der Waals surface area contributed by atoms with Gasteiger partial charge in [0.15, 0.2) is 0 Å². The van der Waals surface area contributed by atoms with Gasteiger partial charge in [-0.1, -0.05) is 13.8 Å². The fourth-order valence-corrected chi connectivity index (χ4v) is 3.94. The molecule has 0 N–H and O–H groups in total. The molecule has 0 radical (unpaired) electrons. The first-order valence-corrected chi connectivity index (χ1v) is 7.88. The fraction of sp³-hybridized carbons (Fsp3) is 1.00. The minimum Gasteiger partial charge on any atom is -0.300 e. The average Bonchev–Trinajstić information content (AvgIpc) is 2.70. The monoisotopic (exact) mass is 252 g/mol. The molecule has 2 nitrogen and oxygen atoms in total. The summed E-state index contributed by atoms with van der Waals surface area (Å²) in [6.07, 6.45) is 0. The van der Waals surface area contributed by atoms with Crippen molar-refractivity contribution in [1.29, 1.82) is 0 Å². The molecule has 0 spiro atoms. The van der Waals surface area contributed by atoms with E-state index >= 15 is 0 Å². The Bertz CT molecular complexity index is 272. The average molecular weight is 252 g/mol. The van der Waals surface area contributed by atoms with E-state index in [2.05, 4.69) is 51.3 Å². The van der Waals surface area contributed by atoms with Crippen molar-refractivity contribution in [2.45, 2.75) is 53.6 Å². The Kier molecular flexibility index (Phi) is 4.38. The number of hydrogen-bond donors (Lipinski definition) is 0. The predicted octanol–water partition coefficient (Wildman–Crippen LogP) is 2.94. The molecule has 2 fully saturated rings. The Morgan fingerprint density at radius 1 is 0.722 bits per heavy atom. The van der Waals surface area contributed by atoms with Gasteiger partial charge in [-0.15, -0.1) is 0 Å². The van der Waals surface area contributed by atoms with Gasteiger partial charge in [-0.05, 0) is 51.4 Å². The third kappa shape index (κ3) is 2.75. The van der Waals surface area contributed by atoms with Crippen molar-refractivity contribution >= 4 is 0 Å². The summed E-state index contributed by atoms with van der Waals surface area (Å²) in [7, 11) is 0. The summed E-state index contributed by atoms with van der Waals surface area (Å²) in [6.45, 7) is 19.6. The van der Waals surface area contributed by atoms with Crippen molar-refractivity contribution in [2.24, 2.45) is 23.7 Å². The highest BCUT2D eigenvalue weighted by atomic mass is 15.2. The van der Waals surface area contributed by atoms with Crippen LogP contribution in [0.3, 0.4) is 0 Å². The predicted molar refractivity (Wildman–Crippen MR) is 78.7 cm³/mol. The summed E-state index contributed by atoms with van der Waals surface area (Å²) in [6, 6.07) is 1.43. The van der Waals surface area contributed by atoms with Crippen molar-refractivity contribution in [3.05, 3.63) is 0 Å². The van der Waals surface area contributed by atoms with Crippen LogP contribution in [0, 0.1) is 23.7 Å². The molecule has 0 aromatic carbocycles. The van der Waals surface area contributed by atoms with Crippen LogP contribution in [-0.4, -0.2) is 48.1 Å². The van der Waals surface area contributed by atoms with Gasteiger partial charge < -0.3 is 9.80 Å². The maximum atomic E-state index is 2.72. The quantitative estimate of drug-likeness (QED) is 0.762. The molecular formula is C16H32N2. The Morgan fingerprint density at radius 3 is 1.67 bits per heavy atom. The van der Waals surface area contributed by atoms with E-state index in [9.17, 15) is 0 Å². The molecule has 0 unspecified atom stereocenters. The molecule has 2 aliphatic rings. The Labute approximate surface area is 114 Å². The van der Waals surface area contributed by atoms with Crippen LogP contribution in [0.5, 0.6) is 0 Å². The topological polar surface area (TPSA) is 6.48 Å². The van der Waals surface area contributed by atoms with Gasteiger partial charge in [0, 0.05) is 38.3 Å². The Hall–Kier alpha value is -0.0800. The van der Waals surface area contributed by atoms with Gasteiger partial charge in [-0.2, -0.15) is 0 Å². The van der Waals surface area contributed by atoms with E-state index in [0.717, 1.165) is 29.7 Å². The normalized spacial score (nSPS) is 34.8. The molecule has 0 aromatic rings. The van der Waals surface area contributed by atoms with Gasteiger partial charge in [0.05, 0.1) is 0 Å².